The summed E-state index contributed by atoms with van der Waals surface area (Å²) in [6, 6.07) is 19.5. The monoisotopic (exact) mass is 701 g/mol. The van der Waals surface area contributed by atoms with E-state index in [-0.39, 0.29) is 30.5 Å². The first kappa shape index (κ1) is 32.7. The minimum atomic E-state index is -0.819. The molecule has 5 rings (SSSR count). The van der Waals surface area contributed by atoms with Crippen LogP contribution in [0, 0.1) is 11.3 Å². The lowest BCUT2D eigenvalue weighted by atomic mass is 9.95. The number of halogens is 1. The van der Waals surface area contributed by atoms with E-state index in [0.717, 1.165) is 10.0 Å². The van der Waals surface area contributed by atoms with Gasteiger partial charge in [0.05, 0.1) is 53.3 Å². The predicted octanol–water partition coefficient (Wildman–Crippen LogP) is 5.81. The van der Waals surface area contributed by atoms with Gasteiger partial charge in [0, 0.05) is 15.6 Å². The van der Waals surface area contributed by atoms with E-state index in [1.807, 2.05) is 44.2 Å². The third kappa shape index (κ3) is 6.78. The summed E-state index contributed by atoms with van der Waals surface area (Å²) >= 11 is 4.74. The zero-order valence-electron chi connectivity index (χ0n) is 26.0. The molecule has 0 spiro atoms. The molecule has 2 heterocycles. The van der Waals surface area contributed by atoms with Crippen molar-refractivity contribution in [1.82, 2.24) is 4.57 Å². The largest absolute Gasteiger partial charge is 0.493 e. The lowest BCUT2D eigenvalue weighted by molar-refractivity contribution is -0.139. The van der Waals surface area contributed by atoms with Crippen LogP contribution in [-0.2, 0) is 16.1 Å². The number of benzene rings is 3. The molecule has 0 bridgehead atoms. The number of allylic oxidation sites excluding steroid dienone is 1. The summed E-state index contributed by atoms with van der Waals surface area (Å²) in [4.78, 5) is 32.7. The molecule has 3 aromatic carbocycles. The highest BCUT2D eigenvalue weighted by Crippen LogP contribution is 2.36. The molecule has 1 atom stereocenters. The van der Waals surface area contributed by atoms with E-state index >= 15 is 0 Å². The Morgan fingerprint density at radius 2 is 1.89 bits per heavy atom. The van der Waals surface area contributed by atoms with Gasteiger partial charge >= 0.3 is 5.97 Å². The van der Waals surface area contributed by atoms with Crippen molar-refractivity contribution in [2.45, 2.75) is 46.4 Å². The number of fused-ring (bicyclic) bond motifs is 1. The van der Waals surface area contributed by atoms with E-state index < -0.39 is 12.0 Å². The molecule has 1 aromatic heterocycles. The maximum absolute atomic E-state index is 14.2. The second-order valence-electron chi connectivity index (χ2n) is 10.6. The highest BCUT2D eigenvalue weighted by atomic mass is 79.9. The Bertz CT molecular complexity index is 2060. The van der Waals surface area contributed by atoms with Crippen LogP contribution in [-0.4, -0.2) is 30.4 Å². The standard InChI is InChI=1S/C35H32BrN3O6S/c1-6-43-34(41)31-21(4)38-35-39(32(31)22-11-13-28(45-20(2)3)29(16-22)42-5)33(40)30(46-35)17-25-15-26(36)12-14-27(25)44-19-24-10-8-7-9-23(24)18-37/h7-17,20,32H,6,19H2,1-5H3/b30-17+/t32-/m1/s1. The van der Waals surface area contributed by atoms with Crippen molar-refractivity contribution >= 4 is 39.3 Å². The first-order valence-corrected chi connectivity index (χ1v) is 16.2. The van der Waals surface area contributed by atoms with Crippen molar-refractivity contribution in [3.8, 4) is 23.3 Å². The van der Waals surface area contributed by atoms with Gasteiger partial charge < -0.3 is 18.9 Å². The van der Waals surface area contributed by atoms with Crippen LogP contribution >= 0.6 is 27.3 Å². The third-order valence-electron chi connectivity index (χ3n) is 7.16. The van der Waals surface area contributed by atoms with E-state index in [4.69, 9.17) is 18.9 Å². The zero-order valence-corrected chi connectivity index (χ0v) is 28.4. The molecule has 1 aliphatic rings. The minimum absolute atomic E-state index is 0.0809. The number of ether oxygens (including phenoxy) is 4. The third-order valence-corrected chi connectivity index (χ3v) is 8.64. The number of thiazole rings is 1. The summed E-state index contributed by atoms with van der Waals surface area (Å²) in [5.74, 6) is 1.00. The molecule has 0 saturated heterocycles. The Balaban J connectivity index is 1.64. The second-order valence-corrected chi connectivity index (χ2v) is 12.5. The quantitative estimate of drug-likeness (QED) is 0.192. The average molecular weight is 703 g/mol. The van der Waals surface area contributed by atoms with Gasteiger partial charge in [-0.3, -0.25) is 9.36 Å². The number of carbonyl (C=O) groups excluding carboxylic acids is 1. The number of methoxy groups -OCH3 is 1. The molecular weight excluding hydrogens is 670 g/mol. The number of nitrogens with zero attached hydrogens (tertiary/aromatic N) is 3. The maximum atomic E-state index is 14.2. The van der Waals surface area contributed by atoms with Gasteiger partial charge in [-0.1, -0.05) is 51.5 Å². The molecule has 0 amide bonds. The molecule has 46 heavy (non-hydrogen) atoms. The smallest absolute Gasteiger partial charge is 0.338 e. The van der Waals surface area contributed by atoms with Crippen molar-refractivity contribution < 1.29 is 23.7 Å². The second kappa shape index (κ2) is 14.2. The summed E-state index contributed by atoms with van der Waals surface area (Å²) in [6.07, 6.45) is 1.67. The fraction of sp³-hybridized carbons (Fsp3) is 0.257. The number of hydrogen-bond donors (Lipinski definition) is 0. The fourth-order valence-corrected chi connectivity index (χ4v) is 6.54. The van der Waals surface area contributed by atoms with E-state index in [1.54, 1.807) is 57.4 Å². The van der Waals surface area contributed by atoms with Crippen LogP contribution in [0.2, 0.25) is 0 Å². The zero-order chi connectivity index (χ0) is 33.0. The first-order chi connectivity index (χ1) is 22.1. The van der Waals surface area contributed by atoms with Crippen molar-refractivity contribution in [3.63, 3.8) is 0 Å². The maximum Gasteiger partial charge on any atom is 0.338 e. The van der Waals surface area contributed by atoms with E-state index in [1.165, 1.54) is 15.9 Å². The van der Waals surface area contributed by atoms with Crippen LogP contribution in [0.15, 0.2) is 86.2 Å². The van der Waals surface area contributed by atoms with Gasteiger partial charge in [-0.15, -0.1) is 0 Å². The lowest BCUT2D eigenvalue weighted by Crippen LogP contribution is -2.40. The summed E-state index contributed by atoms with van der Waals surface area (Å²) < 4.78 is 25.8. The van der Waals surface area contributed by atoms with Crippen LogP contribution in [0.1, 0.15) is 56.0 Å². The van der Waals surface area contributed by atoms with Gasteiger partial charge in [-0.05, 0) is 75.7 Å². The Kier molecular flexibility index (Phi) is 10.1. The fourth-order valence-electron chi connectivity index (χ4n) is 5.13. The van der Waals surface area contributed by atoms with Crippen LogP contribution < -0.4 is 29.1 Å². The van der Waals surface area contributed by atoms with Crippen LogP contribution in [0.5, 0.6) is 17.2 Å². The van der Waals surface area contributed by atoms with Gasteiger partial charge in [0.25, 0.3) is 5.56 Å². The van der Waals surface area contributed by atoms with Crippen LogP contribution in [0.25, 0.3) is 6.08 Å². The van der Waals surface area contributed by atoms with E-state index in [9.17, 15) is 14.9 Å². The van der Waals surface area contributed by atoms with Crippen LogP contribution in [0.3, 0.4) is 0 Å². The molecule has 1 aliphatic heterocycles. The SMILES string of the molecule is CCOC(=O)C1=C(C)N=c2s/c(=C/c3cc(Br)ccc3OCc3ccccc3C#N)c(=O)n2[C@@H]1c1ccc(OC(C)C)c(OC)c1. The molecule has 9 nitrogen and oxygen atoms in total. The first-order valence-electron chi connectivity index (χ1n) is 14.6. The van der Waals surface area contributed by atoms with Crippen molar-refractivity contribution in [2.75, 3.05) is 13.7 Å². The summed E-state index contributed by atoms with van der Waals surface area (Å²) in [5, 5.41) is 9.49. The molecule has 0 N–H and O–H groups in total. The predicted molar refractivity (Wildman–Crippen MR) is 179 cm³/mol. The van der Waals surface area contributed by atoms with Gasteiger partial charge in [0.1, 0.15) is 12.4 Å². The van der Waals surface area contributed by atoms with Crippen molar-refractivity contribution in [3.05, 3.63) is 118 Å². The number of carbonyl (C=O) groups is 1. The Morgan fingerprint density at radius 3 is 2.61 bits per heavy atom. The van der Waals surface area contributed by atoms with E-state index in [0.29, 0.717) is 49.0 Å². The van der Waals surface area contributed by atoms with E-state index in [2.05, 4.69) is 27.0 Å². The number of nitriles is 1. The molecule has 0 fully saturated rings. The minimum Gasteiger partial charge on any atom is -0.493 e. The molecule has 4 aromatic rings. The summed E-state index contributed by atoms with van der Waals surface area (Å²) in [7, 11) is 1.54. The van der Waals surface area contributed by atoms with Crippen LogP contribution in [0.4, 0.5) is 0 Å². The molecule has 0 unspecified atom stereocenters. The van der Waals surface area contributed by atoms with Gasteiger partial charge in [0.2, 0.25) is 0 Å². The molecule has 11 heteroatoms. The van der Waals surface area contributed by atoms with Gasteiger partial charge in [-0.25, -0.2) is 9.79 Å². The Labute approximate surface area is 278 Å². The number of esters is 1. The van der Waals surface area contributed by atoms with Gasteiger partial charge in [0.15, 0.2) is 16.3 Å². The molecule has 0 radical (unpaired) electrons. The van der Waals surface area contributed by atoms with Crippen molar-refractivity contribution in [1.29, 1.82) is 5.26 Å². The summed E-state index contributed by atoms with van der Waals surface area (Å²) in [5.41, 5.74) is 2.97. The molecular formula is C35H32BrN3O6S. The average Bonchev–Trinajstić information content (AvgIpc) is 3.33. The highest BCUT2D eigenvalue weighted by molar-refractivity contribution is 9.10. The molecule has 0 saturated carbocycles. The number of aromatic nitrogens is 1. The Hall–Kier alpha value is -4.66. The number of rotatable bonds is 10. The normalized spacial score (nSPS) is 14.4. The topological polar surface area (TPSA) is 112 Å². The van der Waals surface area contributed by atoms with Crippen molar-refractivity contribution in [2.24, 2.45) is 4.99 Å². The highest BCUT2D eigenvalue weighted by Gasteiger charge is 2.34. The number of hydrogen-bond acceptors (Lipinski definition) is 9. The van der Waals surface area contributed by atoms with Gasteiger partial charge in [-0.2, -0.15) is 5.26 Å². The Morgan fingerprint density at radius 1 is 1.13 bits per heavy atom. The molecule has 236 valence electrons. The molecule has 0 aliphatic carbocycles. The summed E-state index contributed by atoms with van der Waals surface area (Å²) in [6.45, 7) is 7.65. The lowest BCUT2D eigenvalue weighted by Gasteiger charge is -2.25.